The Bertz CT molecular complexity index is 1550. The van der Waals surface area contributed by atoms with E-state index < -0.39 is 0 Å². The van der Waals surface area contributed by atoms with Gasteiger partial charge in [-0.15, -0.1) is 11.8 Å². The number of rotatable bonds is 6. The van der Waals surface area contributed by atoms with Gasteiger partial charge < -0.3 is 10.6 Å². The number of hydrogen-bond donors (Lipinski definition) is 2. The lowest BCUT2D eigenvalue weighted by molar-refractivity contribution is 0.0950. The molecule has 0 aliphatic rings. The van der Waals surface area contributed by atoms with Crippen LogP contribution in [-0.2, 0) is 0 Å². The number of para-hydroxylation sites is 2. The molecule has 0 bridgehead atoms. The topological polar surface area (TPSA) is 63.1 Å². The van der Waals surface area contributed by atoms with Gasteiger partial charge >= 0.3 is 0 Å². The lowest BCUT2D eigenvalue weighted by Crippen LogP contribution is -2.19. The van der Waals surface area contributed by atoms with Crippen LogP contribution in [0.15, 0.2) is 102 Å². The minimum Gasteiger partial charge on any atom is -0.332 e. The molecule has 178 valence electrons. The molecule has 1 heterocycles. The monoisotopic (exact) mass is 509 g/mol. The van der Waals surface area contributed by atoms with Crippen molar-refractivity contribution in [3.63, 3.8) is 0 Å². The zero-order chi connectivity index (χ0) is 25.1. The highest BCUT2D eigenvalue weighted by Crippen LogP contribution is 2.30. The summed E-state index contributed by atoms with van der Waals surface area (Å²) in [4.78, 5) is 25.7. The molecule has 5 nitrogen and oxygen atoms in total. The third-order valence-electron chi connectivity index (χ3n) is 5.83. The fourth-order valence-corrected chi connectivity index (χ4v) is 5.19. The van der Waals surface area contributed by atoms with Gasteiger partial charge in [-0.3, -0.25) is 14.2 Å². The van der Waals surface area contributed by atoms with Crippen molar-refractivity contribution in [2.45, 2.75) is 11.8 Å². The first-order valence-electron chi connectivity index (χ1n) is 11.4. The first-order chi connectivity index (χ1) is 17.5. The first kappa shape index (κ1) is 23.8. The maximum absolute atomic E-state index is 13.3. The van der Waals surface area contributed by atoms with E-state index in [2.05, 4.69) is 22.8 Å². The van der Waals surface area contributed by atoms with Gasteiger partial charge in [0.25, 0.3) is 0 Å². The van der Waals surface area contributed by atoms with Crippen LogP contribution in [0, 0.1) is 0 Å². The van der Waals surface area contributed by atoms with Gasteiger partial charge in [0, 0.05) is 32.6 Å². The lowest BCUT2D eigenvalue weighted by Gasteiger charge is -2.12. The molecule has 0 spiro atoms. The average Bonchev–Trinajstić information content (AvgIpc) is 3.22. The second kappa shape index (κ2) is 10.4. The van der Waals surface area contributed by atoms with Crippen molar-refractivity contribution in [3.8, 4) is 0 Å². The molecule has 0 radical (unpaired) electrons. The summed E-state index contributed by atoms with van der Waals surface area (Å²) >= 11 is 6.93. The molecular weight excluding hydrogens is 486 g/mol. The number of aromatic nitrogens is 1. The standard InChI is InChI=1S/C29H23N3O2S2/c1-19(33)20-13-15-21(16-14-20)30-29(35)31-22-7-6-8-23(17-22)36-18-28(34)32-26-11-4-2-9-24(26)25-10-3-5-12-27(25)32/h2-17H,18H2,1H3,(H2,30,31,35). The molecule has 0 fully saturated rings. The molecule has 0 aliphatic carbocycles. The van der Waals surface area contributed by atoms with E-state index in [-0.39, 0.29) is 11.7 Å². The smallest absolute Gasteiger partial charge is 0.241 e. The molecule has 0 amide bonds. The van der Waals surface area contributed by atoms with E-state index in [0.717, 1.165) is 38.1 Å². The van der Waals surface area contributed by atoms with Crippen LogP contribution in [0.25, 0.3) is 21.8 Å². The zero-order valence-electron chi connectivity index (χ0n) is 19.5. The van der Waals surface area contributed by atoms with Gasteiger partial charge in [-0.05, 0) is 73.7 Å². The molecule has 0 unspecified atom stereocenters. The number of hydrogen-bond acceptors (Lipinski definition) is 4. The SMILES string of the molecule is CC(=O)c1ccc(NC(=S)Nc2cccc(SCC(=O)n3c4ccccc4c4ccccc43)c2)cc1. The maximum Gasteiger partial charge on any atom is 0.241 e. The molecule has 36 heavy (non-hydrogen) atoms. The van der Waals surface area contributed by atoms with Gasteiger partial charge in [-0.2, -0.15) is 0 Å². The predicted octanol–water partition coefficient (Wildman–Crippen LogP) is 7.24. The Morgan fingerprint density at radius 1 is 0.778 bits per heavy atom. The summed E-state index contributed by atoms with van der Waals surface area (Å²) in [5.41, 5.74) is 4.11. The second-order valence-corrected chi connectivity index (χ2v) is 9.75. The molecule has 5 aromatic rings. The van der Waals surface area contributed by atoms with E-state index in [1.165, 1.54) is 18.7 Å². The number of carbonyl (C=O) groups excluding carboxylic acids is 2. The molecule has 0 aliphatic heterocycles. The highest BCUT2D eigenvalue weighted by Gasteiger charge is 2.15. The van der Waals surface area contributed by atoms with Crippen LogP contribution in [0.3, 0.4) is 0 Å². The highest BCUT2D eigenvalue weighted by atomic mass is 32.2. The fraction of sp³-hybridized carbons (Fsp3) is 0.0690. The zero-order valence-corrected chi connectivity index (χ0v) is 21.2. The summed E-state index contributed by atoms with van der Waals surface area (Å²) in [5.74, 6) is 0.354. The number of nitrogens with one attached hydrogen (secondary N) is 2. The van der Waals surface area contributed by atoms with Crippen molar-refractivity contribution < 1.29 is 9.59 Å². The van der Waals surface area contributed by atoms with Crippen molar-refractivity contribution in [2.75, 3.05) is 16.4 Å². The number of thiocarbonyl (C=S) groups is 1. The number of fused-ring (bicyclic) bond motifs is 3. The molecule has 1 aromatic heterocycles. The number of anilines is 2. The molecule has 7 heteroatoms. The Labute approximate surface area is 218 Å². The van der Waals surface area contributed by atoms with Gasteiger partial charge in [-0.1, -0.05) is 42.5 Å². The van der Waals surface area contributed by atoms with Crippen molar-refractivity contribution in [3.05, 3.63) is 103 Å². The van der Waals surface area contributed by atoms with Gasteiger partial charge in [0.1, 0.15) is 0 Å². The molecule has 2 N–H and O–H groups in total. The Kier molecular flexibility index (Phi) is 6.84. The number of ketones is 1. The predicted molar refractivity (Wildman–Crippen MR) is 154 cm³/mol. The van der Waals surface area contributed by atoms with Crippen LogP contribution >= 0.6 is 24.0 Å². The maximum atomic E-state index is 13.3. The first-order valence-corrected chi connectivity index (χ1v) is 12.8. The van der Waals surface area contributed by atoms with E-state index in [4.69, 9.17) is 12.2 Å². The summed E-state index contributed by atoms with van der Waals surface area (Å²) < 4.78 is 1.82. The van der Waals surface area contributed by atoms with Crippen LogP contribution in [0.5, 0.6) is 0 Å². The molecule has 0 saturated carbocycles. The summed E-state index contributed by atoms with van der Waals surface area (Å²) in [6.45, 7) is 1.54. The van der Waals surface area contributed by atoms with Gasteiger partial charge in [-0.25, -0.2) is 0 Å². The minimum absolute atomic E-state index is 0.0215. The largest absolute Gasteiger partial charge is 0.332 e. The Balaban J connectivity index is 1.26. The van der Waals surface area contributed by atoms with Gasteiger partial charge in [0.2, 0.25) is 5.91 Å². The Morgan fingerprint density at radius 3 is 2.03 bits per heavy atom. The number of carbonyl (C=O) groups is 2. The van der Waals surface area contributed by atoms with Crippen LogP contribution in [0.1, 0.15) is 22.1 Å². The van der Waals surface area contributed by atoms with Crippen molar-refractivity contribution in [1.82, 2.24) is 4.57 Å². The van der Waals surface area contributed by atoms with E-state index >= 15 is 0 Å². The van der Waals surface area contributed by atoms with Crippen LogP contribution < -0.4 is 10.6 Å². The van der Waals surface area contributed by atoms with Gasteiger partial charge in [0.05, 0.1) is 16.8 Å². The molecule has 0 saturated heterocycles. The third kappa shape index (κ3) is 5.03. The van der Waals surface area contributed by atoms with Crippen molar-refractivity contribution >= 4 is 74.0 Å². The number of nitrogens with zero attached hydrogens (tertiary/aromatic N) is 1. The van der Waals surface area contributed by atoms with Crippen LogP contribution in [-0.4, -0.2) is 27.1 Å². The molecular formula is C29H23N3O2S2. The average molecular weight is 510 g/mol. The van der Waals surface area contributed by atoms with E-state index in [1.807, 2.05) is 77.4 Å². The van der Waals surface area contributed by atoms with Gasteiger partial charge in [0.15, 0.2) is 10.9 Å². The Hall–Kier alpha value is -3.94. The quantitative estimate of drug-likeness (QED) is 0.143. The van der Waals surface area contributed by atoms with E-state index in [0.29, 0.717) is 16.4 Å². The molecule has 0 atom stereocenters. The van der Waals surface area contributed by atoms with Crippen molar-refractivity contribution in [2.24, 2.45) is 0 Å². The van der Waals surface area contributed by atoms with E-state index in [1.54, 1.807) is 12.1 Å². The van der Waals surface area contributed by atoms with E-state index in [9.17, 15) is 9.59 Å². The number of benzene rings is 4. The van der Waals surface area contributed by atoms with Crippen LogP contribution in [0.4, 0.5) is 11.4 Å². The summed E-state index contributed by atoms with van der Waals surface area (Å²) in [6, 6.07) is 31.0. The number of thioether (sulfide) groups is 1. The summed E-state index contributed by atoms with van der Waals surface area (Å²) in [6.07, 6.45) is 0. The minimum atomic E-state index is 0.0215. The number of Topliss-reactive ketones (excluding diaryl/α,β-unsaturated/α-hetero) is 1. The van der Waals surface area contributed by atoms with Crippen molar-refractivity contribution in [1.29, 1.82) is 0 Å². The summed E-state index contributed by atoms with van der Waals surface area (Å²) in [7, 11) is 0. The molecule has 4 aromatic carbocycles. The van der Waals surface area contributed by atoms with Crippen LogP contribution in [0.2, 0.25) is 0 Å². The lowest BCUT2D eigenvalue weighted by atomic mass is 10.1. The Morgan fingerprint density at radius 2 is 1.39 bits per heavy atom. The summed E-state index contributed by atoms with van der Waals surface area (Å²) in [5, 5.41) is 8.90. The molecule has 5 rings (SSSR count). The third-order valence-corrected chi connectivity index (χ3v) is 7.02. The second-order valence-electron chi connectivity index (χ2n) is 8.29. The fourth-order valence-electron chi connectivity index (χ4n) is 4.15. The normalized spacial score (nSPS) is 10.9. The highest BCUT2D eigenvalue weighted by molar-refractivity contribution is 8.00.